The van der Waals surface area contributed by atoms with Crippen LogP contribution in [0, 0.1) is 0 Å². The molecule has 0 radical (unpaired) electrons. The Morgan fingerprint density at radius 3 is 2.50 bits per heavy atom. The van der Waals surface area contributed by atoms with Gasteiger partial charge in [-0.05, 0) is 61.2 Å². The van der Waals surface area contributed by atoms with E-state index in [0.717, 1.165) is 24.0 Å². The summed E-state index contributed by atoms with van der Waals surface area (Å²) < 4.78 is 5.34. The second-order valence-corrected chi connectivity index (χ2v) is 8.34. The van der Waals surface area contributed by atoms with Gasteiger partial charge in [-0.3, -0.25) is 9.59 Å². The third-order valence-electron chi connectivity index (χ3n) is 5.46. The molecule has 0 aliphatic heterocycles. The van der Waals surface area contributed by atoms with Crippen molar-refractivity contribution in [2.24, 2.45) is 0 Å². The van der Waals surface area contributed by atoms with E-state index in [0.29, 0.717) is 54.2 Å². The van der Waals surface area contributed by atoms with Crippen molar-refractivity contribution < 1.29 is 14.1 Å². The van der Waals surface area contributed by atoms with Crippen LogP contribution in [0.2, 0.25) is 5.02 Å². The van der Waals surface area contributed by atoms with Crippen LogP contribution < -0.4 is 5.32 Å². The van der Waals surface area contributed by atoms with Gasteiger partial charge >= 0.3 is 0 Å². The normalized spacial score (nSPS) is 13.1. The molecule has 0 saturated heterocycles. The highest BCUT2D eigenvalue weighted by atomic mass is 35.5. The first-order valence-electron chi connectivity index (χ1n) is 10.7. The number of amides is 2. The van der Waals surface area contributed by atoms with Crippen molar-refractivity contribution in [2.45, 2.75) is 44.7 Å². The van der Waals surface area contributed by atoms with Crippen molar-refractivity contribution in [2.75, 3.05) is 7.05 Å². The van der Waals surface area contributed by atoms with E-state index >= 15 is 0 Å². The molecule has 1 saturated carbocycles. The largest absolute Gasteiger partial charge is 0.355 e. The third kappa shape index (κ3) is 5.53. The van der Waals surface area contributed by atoms with Crippen molar-refractivity contribution in [3.8, 4) is 11.4 Å². The molecule has 1 aliphatic rings. The number of hydrogen-bond donors (Lipinski definition) is 1. The van der Waals surface area contributed by atoms with Crippen LogP contribution in [-0.4, -0.2) is 39.9 Å². The monoisotopic (exact) mass is 452 g/mol. The lowest BCUT2D eigenvalue weighted by atomic mass is 10.1. The number of nitrogens with one attached hydrogen (secondary N) is 1. The average molecular weight is 453 g/mol. The highest BCUT2D eigenvalue weighted by Crippen LogP contribution is 2.29. The lowest BCUT2D eigenvalue weighted by Gasteiger charge is -2.22. The molecule has 4 rings (SSSR count). The molecule has 7 nitrogen and oxygen atoms in total. The van der Waals surface area contributed by atoms with E-state index in [-0.39, 0.29) is 11.8 Å². The quantitative estimate of drug-likeness (QED) is 0.524. The first-order valence-corrected chi connectivity index (χ1v) is 11.1. The van der Waals surface area contributed by atoms with E-state index in [9.17, 15) is 9.59 Å². The molecule has 3 aromatic rings. The summed E-state index contributed by atoms with van der Waals surface area (Å²) in [5.74, 6) is 1.04. The van der Waals surface area contributed by atoms with Crippen molar-refractivity contribution in [1.82, 2.24) is 20.4 Å². The molecule has 166 valence electrons. The number of aryl methyl sites for hydroxylation is 1. The topological polar surface area (TPSA) is 88.3 Å². The fraction of sp³-hybridized carbons (Fsp3) is 0.333. The predicted octanol–water partition coefficient (Wildman–Crippen LogP) is 4.26. The SMILES string of the molecule is CNC(=O)c1ccc(CN(C(=O)CCCc2nc(-c3ccc(Cl)cc3)no2)C2CC2)cc1. The lowest BCUT2D eigenvalue weighted by molar-refractivity contribution is -0.132. The molecule has 2 amide bonds. The van der Waals surface area contributed by atoms with E-state index in [1.165, 1.54) is 0 Å². The van der Waals surface area contributed by atoms with E-state index in [4.69, 9.17) is 16.1 Å². The first-order chi connectivity index (χ1) is 15.5. The zero-order valence-corrected chi connectivity index (χ0v) is 18.6. The number of nitrogens with zero attached hydrogens (tertiary/aromatic N) is 3. The molecule has 1 heterocycles. The van der Waals surface area contributed by atoms with Gasteiger partial charge in [0.05, 0.1) is 0 Å². The van der Waals surface area contributed by atoms with E-state index < -0.39 is 0 Å². The standard InChI is InChI=1S/C24H25ClN4O3/c1-26-24(31)18-7-5-16(6-8-18)15-29(20-13-14-20)22(30)4-2-3-21-27-23(28-32-21)17-9-11-19(25)12-10-17/h5-12,20H,2-4,13-15H2,1H3,(H,26,31). The molecule has 8 heteroatoms. The molecule has 1 aromatic heterocycles. The Balaban J connectivity index is 1.30. The third-order valence-corrected chi connectivity index (χ3v) is 5.71. The average Bonchev–Trinajstić information content (AvgIpc) is 3.55. The van der Waals surface area contributed by atoms with Crippen LogP contribution in [-0.2, 0) is 17.8 Å². The summed E-state index contributed by atoms with van der Waals surface area (Å²) in [5.41, 5.74) is 2.46. The fourth-order valence-corrected chi connectivity index (χ4v) is 3.64. The van der Waals surface area contributed by atoms with Crippen LogP contribution in [0.3, 0.4) is 0 Å². The molecule has 0 atom stereocenters. The molecule has 0 bridgehead atoms. The minimum atomic E-state index is -0.119. The summed E-state index contributed by atoms with van der Waals surface area (Å²) in [6, 6.07) is 14.9. The molecular weight excluding hydrogens is 428 g/mol. The Hall–Kier alpha value is -3.19. The zero-order valence-electron chi connectivity index (χ0n) is 17.9. The number of benzene rings is 2. The summed E-state index contributed by atoms with van der Waals surface area (Å²) in [6.07, 6.45) is 3.68. The fourth-order valence-electron chi connectivity index (χ4n) is 3.52. The second-order valence-electron chi connectivity index (χ2n) is 7.90. The Morgan fingerprint density at radius 2 is 1.84 bits per heavy atom. The summed E-state index contributed by atoms with van der Waals surface area (Å²) in [6.45, 7) is 0.554. The summed E-state index contributed by atoms with van der Waals surface area (Å²) in [7, 11) is 1.61. The van der Waals surface area contributed by atoms with Crippen molar-refractivity contribution in [3.63, 3.8) is 0 Å². The Kier molecular flexibility index (Phi) is 6.85. The number of halogens is 1. The zero-order chi connectivity index (χ0) is 22.5. The van der Waals surface area contributed by atoms with Gasteiger partial charge in [-0.1, -0.05) is 28.9 Å². The van der Waals surface area contributed by atoms with Crippen LogP contribution in [0.25, 0.3) is 11.4 Å². The summed E-state index contributed by atoms with van der Waals surface area (Å²) in [5, 5.41) is 7.28. The molecule has 0 unspecified atom stereocenters. The van der Waals surface area contributed by atoms with Gasteiger partial charge in [0.25, 0.3) is 5.91 Å². The van der Waals surface area contributed by atoms with Crippen molar-refractivity contribution in [1.29, 1.82) is 0 Å². The highest BCUT2D eigenvalue weighted by Gasteiger charge is 2.32. The van der Waals surface area contributed by atoms with Gasteiger partial charge in [-0.25, -0.2) is 0 Å². The summed E-state index contributed by atoms with van der Waals surface area (Å²) >= 11 is 5.91. The second kappa shape index (κ2) is 9.96. The van der Waals surface area contributed by atoms with Crippen LogP contribution in [0.4, 0.5) is 0 Å². The molecule has 2 aromatic carbocycles. The smallest absolute Gasteiger partial charge is 0.251 e. The first kappa shape index (κ1) is 22.0. The van der Waals surface area contributed by atoms with Gasteiger partial charge in [0.1, 0.15) is 0 Å². The number of carbonyl (C=O) groups is 2. The Morgan fingerprint density at radius 1 is 1.12 bits per heavy atom. The van der Waals surface area contributed by atoms with Gasteiger partial charge in [-0.15, -0.1) is 0 Å². The number of aromatic nitrogens is 2. The van der Waals surface area contributed by atoms with Gasteiger partial charge in [0.15, 0.2) is 0 Å². The van der Waals surface area contributed by atoms with Crippen molar-refractivity contribution in [3.05, 3.63) is 70.6 Å². The maximum atomic E-state index is 12.9. The van der Waals surface area contributed by atoms with E-state index in [2.05, 4.69) is 15.5 Å². The van der Waals surface area contributed by atoms with Crippen LogP contribution >= 0.6 is 11.6 Å². The number of rotatable bonds is 9. The van der Waals surface area contributed by atoms with Crippen LogP contribution in [0.5, 0.6) is 0 Å². The molecule has 1 N–H and O–H groups in total. The molecule has 32 heavy (non-hydrogen) atoms. The van der Waals surface area contributed by atoms with Gasteiger partial charge < -0.3 is 14.7 Å². The van der Waals surface area contributed by atoms with Crippen LogP contribution in [0.15, 0.2) is 53.1 Å². The Labute approximate surface area is 191 Å². The highest BCUT2D eigenvalue weighted by molar-refractivity contribution is 6.30. The van der Waals surface area contributed by atoms with Gasteiger partial charge in [-0.2, -0.15) is 4.98 Å². The van der Waals surface area contributed by atoms with Crippen LogP contribution in [0.1, 0.15) is 47.5 Å². The minimum Gasteiger partial charge on any atom is -0.355 e. The maximum Gasteiger partial charge on any atom is 0.251 e. The number of hydrogen-bond acceptors (Lipinski definition) is 5. The summed E-state index contributed by atoms with van der Waals surface area (Å²) in [4.78, 5) is 31.0. The van der Waals surface area contributed by atoms with E-state index in [1.54, 1.807) is 31.3 Å². The van der Waals surface area contributed by atoms with Gasteiger partial charge in [0.2, 0.25) is 17.6 Å². The van der Waals surface area contributed by atoms with E-state index in [1.807, 2.05) is 29.2 Å². The molecule has 1 fully saturated rings. The van der Waals surface area contributed by atoms with Crippen molar-refractivity contribution >= 4 is 23.4 Å². The molecule has 0 spiro atoms. The number of carbonyl (C=O) groups excluding carboxylic acids is 2. The predicted molar refractivity (Wildman–Crippen MR) is 121 cm³/mol. The van der Waals surface area contributed by atoms with Gasteiger partial charge in [0, 0.05) is 48.6 Å². The Bertz CT molecular complexity index is 1080. The minimum absolute atomic E-state index is 0.119. The molecule has 1 aliphatic carbocycles. The lowest BCUT2D eigenvalue weighted by Crippen LogP contribution is -2.32. The molecular formula is C24H25ClN4O3. The maximum absolute atomic E-state index is 12.9.